The molecule has 1 aliphatic rings. The monoisotopic (exact) mass is 363 g/mol. The van der Waals surface area contributed by atoms with Gasteiger partial charge >= 0.3 is 0 Å². The van der Waals surface area contributed by atoms with Gasteiger partial charge in [0.1, 0.15) is 18.0 Å². The Labute approximate surface area is 157 Å². The summed E-state index contributed by atoms with van der Waals surface area (Å²) in [5.41, 5.74) is 0.0743. The van der Waals surface area contributed by atoms with Crippen molar-refractivity contribution >= 4 is 11.6 Å². The zero-order chi connectivity index (χ0) is 18.8. The Hall–Kier alpha value is -1.59. The fraction of sp³-hybridized carbons (Fsp3) is 0.667. The number of amides is 1. The van der Waals surface area contributed by atoms with Gasteiger partial charge in [-0.2, -0.15) is 0 Å². The molecule has 1 saturated carbocycles. The molecule has 0 unspecified atom stereocenters. The molecule has 5 nitrogen and oxygen atoms in total. The Morgan fingerprint density at radius 2 is 1.96 bits per heavy atom. The molecule has 1 fully saturated rings. The van der Waals surface area contributed by atoms with E-state index in [4.69, 9.17) is 14.2 Å². The molecule has 2 atom stereocenters. The van der Waals surface area contributed by atoms with Crippen molar-refractivity contribution in [2.75, 3.05) is 31.7 Å². The molecule has 0 bridgehead atoms. The van der Waals surface area contributed by atoms with Crippen LogP contribution in [-0.4, -0.2) is 37.9 Å². The number of nitrogens with one attached hydrogen (secondary N) is 1. The highest BCUT2D eigenvalue weighted by Crippen LogP contribution is 2.36. The Morgan fingerprint density at radius 1 is 1.19 bits per heavy atom. The third-order valence-electron chi connectivity index (χ3n) is 4.76. The summed E-state index contributed by atoms with van der Waals surface area (Å²) in [6.07, 6.45) is 4.69. The van der Waals surface area contributed by atoms with Crippen molar-refractivity contribution in [2.24, 2.45) is 5.92 Å². The van der Waals surface area contributed by atoms with E-state index in [9.17, 15) is 4.79 Å². The van der Waals surface area contributed by atoms with Crippen molar-refractivity contribution < 1.29 is 19.0 Å². The molecule has 0 saturated heterocycles. The van der Waals surface area contributed by atoms with Crippen LogP contribution >= 0.6 is 0 Å². The molecule has 0 radical (unpaired) electrons. The van der Waals surface area contributed by atoms with Gasteiger partial charge in [-0.25, -0.2) is 0 Å². The maximum absolute atomic E-state index is 13.0. The van der Waals surface area contributed by atoms with Gasteiger partial charge in [0.05, 0.1) is 6.61 Å². The fourth-order valence-electron chi connectivity index (χ4n) is 3.45. The van der Waals surface area contributed by atoms with Crippen molar-refractivity contribution in [1.82, 2.24) is 0 Å². The first kappa shape index (κ1) is 20.7. The molecule has 0 aromatic heterocycles. The van der Waals surface area contributed by atoms with Crippen LogP contribution in [-0.2, 0) is 14.3 Å². The fourth-order valence-corrected chi connectivity index (χ4v) is 3.45. The zero-order valence-corrected chi connectivity index (χ0v) is 16.4. The number of carbonyl (C=O) groups excluding carboxylic acids is 1. The Morgan fingerprint density at radius 3 is 2.62 bits per heavy atom. The smallest absolute Gasteiger partial charge is 0.256 e. The normalized spacial score (nSPS) is 22.8. The number of rotatable bonds is 10. The maximum atomic E-state index is 13.0. The highest BCUT2D eigenvalue weighted by molar-refractivity contribution is 5.97. The van der Waals surface area contributed by atoms with E-state index in [-0.39, 0.29) is 5.91 Å². The van der Waals surface area contributed by atoms with E-state index in [1.54, 1.807) is 0 Å². The van der Waals surface area contributed by atoms with Crippen LogP contribution in [0.2, 0.25) is 0 Å². The lowest BCUT2D eigenvalue weighted by atomic mass is 9.78. The van der Waals surface area contributed by atoms with Crippen LogP contribution in [0.4, 0.5) is 5.69 Å². The summed E-state index contributed by atoms with van der Waals surface area (Å²) < 4.78 is 16.9. The molecular formula is C21H33NO4. The maximum Gasteiger partial charge on any atom is 0.256 e. The Bertz CT molecular complexity index is 545. The van der Waals surface area contributed by atoms with Gasteiger partial charge in [0, 0.05) is 18.9 Å². The molecular weight excluding hydrogens is 330 g/mol. The van der Waals surface area contributed by atoms with Crippen LogP contribution in [0.1, 0.15) is 52.9 Å². The zero-order valence-electron chi connectivity index (χ0n) is 16.4. The molecule has 1 aromatic rings. The summed E-state index contributed by atoms with van der Waals surface area (Å²) in [5.74, 6) is 1.25. The molecule has 0 spiro atoms. The second kappa shape index (κ2) is 10.5. The van der Waals surface area contributed by atoms with E-state index in [1.165, 1.54) is 0 Å². The average molecular weight is 363 g/mol. The van der Waals surface area contributed by atoms with Crippen molar-refractivity contribution in [1.29, 1.82) is 0 Å². The van der Waals surface area contributed by atoms with E-state index in [0.29, 0.717) is 32.3 Å². The SMILES string of the molecule is CCCO[C@]1(C(=O)Nc2ccc(OCCOCC)cc2)CCC[C@H](C)C1. The van der Waals surface area contributed by atoms with Crippen molar-refractivity contribution in [3.63, 3.8) is 0 Å². The molecule has 1 N–H and O–H groups in total. The predicted molar refractivity (Wildman–Crippen MR) is 104 cm³/mol. The topological polar surface area (TPSA) is 56.8 Å². The molecule has 1 amide bonds. The number of hydrogen-bond donors (Lipinski definition) is 1. The lowest BCUT2D eigenvalue weighted by Gasteiger charge is -2.38. The predicted octanol–water partition coefficient (Wildman–Crippen LogP) is 4.42. The standard InChI is InChI=1S/C21H33NO4/c1-4-13-26-21(12-6-7-17(3)16-21)20(23)22-18-8-10-19(11-9-18)25-15-14-24-5-2/h8-11,17H,4-7,12-16H2,1-3H3,(H,22,23)/t17-,21+/m0/s1. The molecule has 1 aliphatic carbocycles. The quantitative estimate of drug-likeness (QED) is 0.625. The van der Waals surface area contributed by atoms with Crippen LogP contribution in [0.3, 0.4) is 0 Å². The number of anilines is 1. The minimum Gasteiger partial charge on any atom is -0.491 e. The van der Waals surface area contributed by atoms with Gasteiger partial charge in [-0.3, -0.25) is 4.79 Å². The summed E-state index contributed by atoms with van der Waals surface area (Å²) in [6, 6.07) is 7.47. The first-order valence-corrected chi connectivity index (χ1v) is 9.85. The van der Waals surface area contributed by atoms with Gasteiger partial charge in [0.15, 0.2) is 0 Å². The summed E-state index contributed by atoms with van der Waals surface area (Å²) in [6.45, 7) is 8.63. The molecule has 5 heteroatoms. The average Bonchev–Trinajstić information content (AvgIpc) is 2.65. The van der Waals surface area contributed by atoms with E-state index in [0.717, 1.165) is 43.5 Å². The van der Waals surface area contributed by atoms with Crippen molar-refractivity contribution in [3.8, 4) is 5.75 Å². The molecule has 1 aromatic carbocycles. The number of hydrogen-bond acceptors (Lipinski definition) is 4. The summed E-state index contributed by atoms with van der Waals surface area (Å²) in [5, 5.41) is 3.04. The summed E-state index contributed by atoms with van der Waals surface area (Å²) >= 11 is 0. The van der Waals surface area contributed by atoms with E-state index in [2.05, 4.69) is 19.2 Å². The second-order valence-electron chi connectivity index (χ2n) is 7.07. The lowest BCUT2D eigenvalue weighted by Crippen LogP contribution is -2.48. The highest BCUT2D eigenvalue weighted by Gasteiger charge is 2.42. The van der Waals surface area contributed by atoms with Crippen LogP contribution in [0.25, 0.3) is 0 Å². The van der Waals surface area contributed by atoms with Crippen LogP contribution in [0, 0.1) is 5.92 Å². The van der Waals surface area contributed by atoms with Crippen molar-refractivity contribution in [3.05, 3.63) is 24.3 Å². The van der Waals surface area contributed by atoms with E-state index >= 15 is 0 Å². The first-order valence-electron chi connectivity index (χ1n) is 9.85. The van der Waals surface area contributed by atoms with E-state index in [1.807, 2.05) is 31.2 Å². The number of benzene rings is 1. The summed E-state index contributed by atoms with van der Waals surface area (Å²) in [4.78, 5) is 13.0. The second-order valence-corrected chi connectivity index (χ2v) is 7.07. The number of ether oxygens (including phenoxy) is 3. The molecule has 2 rings (SSSR count). The summed E-state index contributed by atoms with van der Waals surface area (Å²) in [7, 11) is 0. The largest absolute Gasteiger partial charge is 0.491 e. The molecule has 0 heterocycles. The lowest BCUT2D eigenvalue weighted by molar-refractivity contribution is -0.148. The van der Waals surface area contributed by atoms with Crippen LogP contribution in [0.15, 0.2) is 24.3 Å². The van der Waals surface area contributed by atoms with Gasteiger partial charge in [-0.1, -0.05) is 20.3 Å². The third-order valence-corrected chi connectivity index (χ3v) is 4.76. The van der Waals surface area contributed by atoms with E-state index < -0.39 is 5.60 Å². The Kier molecular flexibility index (Phi) is 8.39. The van der Waals surface area contributed by atoms with Crippen molar-refractivity contribution in [2.45, 2.75) is 58.5 Å². The van der Waals surface area contributed by atoms with Gasteiger partial charge in [0.2, 0.25) is 0 Å². The molecule has 26 heavy (non-hydrogen) atoms. The van der Waals surface area contributed by atoms with Gasteiger partial charge in [0.25, 0.3) is 5.91 Å². The minimum absolute atomic E-state index is 0.0254. The molecule has 146 valence electrons. The first-order chi connectivity index (χ1) is 12.6. The van der Waals surface area contributed by atoms with Gasteiger partial charge < -0.3 is 19.5 Å². The number of carbonyl (C=O) groups is 1. The van der Waals surface area contributed by atoms with Gasteiger partial charge in [-0.15, -0.1) is 0 Å². The van der Waals surface area contributed by atoms with Crippen LogP contribution in [0.5, 0.6) is 5.75 Å². The van der Waals surface area contributed by atoms with Crippen LogP contribution < -0.4 is 10.1 Å². The molecule has 0 aliphatic heterocycles. The highest BCUT2D eigenvalue weighted by atomic mass is 16.5. The minimum atomic E-state index is -0.694. The van der Waals surface area contributed by atoms with Gasteiger partial charge in [-0.05, 0) is 62.8 Å². The Balaban J connectivity index is 1.95. The third kappa shape index (κ3) is 5.99.